The molecule has 0 radical (unpaired) electrons. The third-order valence-electron chi connectivity index (χ3n) is 2.87. The summed E-state index contributed by atoms with van der Waals surface area (Å²) in [5.74, 6) is -0.716. The largest absolute Gasteiger partial charge is 0.459 e. The SMILES string of the molecule is CN(CC(=O)NNC(=O)c1ccco1)Cc1ccccc1Cl. The summed E-state index contributed by atoms with van der Waals surface area (Å²) in [5.41, 5.74) is 5.54. The zero-order chi connectivity index (χ0) is 15.9. The Hall–Kier alpha value is -2.31. The maximum atomic E-state index is 11.8. The lowest BCUT2D eigenvalue weighted by molar-refractivity contribution is -0.122. The van der Waals surface area contributed by atoms with E-state index in [0.717, 1.165) is 5.56 Å². The van der Waals surface area contributed by atoms with Gasteiger partial charge in [-0.3, -0.25) is 25.3 Å². The number of nitrogens with one attached hydrogen (secondary N) is 2. The van der Waals surface area contributed by atoms with E-state index in [1.165, 1.54) is 12.3 Å². The van der Waals surface area contributed by atoms with E-state index in [1.807, 2.05) is 18.2 Å². The van der Waals surface area contributed by atoms with Crippen LogP contribution in [0.25, 0.3) is 0 Å². The van der Waals surface area contributed by atoms with Gasteiger partial charge in [0, 0.05) is 11.6 Å². The highest BCUT2D eigenvalue weighted by Gasteiger charge is 2.12. The van der Waals surface area contributed by atoms with Crippen LogP contribution >= 0.6 is 11.6 Å². The van der Waals surface area contributed by atoms with Crippen molar-refractivity contribution in [3.8, 4) is 0 Å². The van der Waals surface area contributed by atoms with Crippen LogP contribution in [0.3, 0.4) is 0 Å². The number of nitrogens with zero attached hydrogens (tertiary/aromatic N) is 1. The molecule has 7 heteroatoms. The highest BCUT2D eigenvalue weighted by Crippen LogP contribution is 2.16. The van der Waals surface area contributed by atoms with Crippen molar-refractivity contribution < 1.29 is 14.0 Å². The molecule has 0 atom stereocenters. The van der Waals surface area contributed by atoms with Crippen LogP contribution in [0.4, 0.5) is 0 Å². The van der Waals surface area contributed by atoms with Crippen molar-refractivity contribution in [3.63, 3.8) is 0 Å². The van der Waals surface area contributed by atoms with E-state index in [9.17, 15) is 9.59 Å². The summed E-state index contributed by atoms with van der Waals surface area (Å²) in [6, 6.07) is 10.5. The number of amides is 2. The lowest BCUT2D eigenvalue weighted by Gasteiger charge is -2.17. The van der Waals surface area contributed by atoms with Crippen molar-refractivity contribution in [1.29, 1.82) is 0 Å². The molecule has 2 aromatic rings. The molecular weight excluding hydrogens is 306 g/mol. The van der Waals surface area contributed by atoms with Gasteiger partial charge in [0.25, 0.3) is 5.91 Å². The Morgan fingerprint density at radius 3 is 2.64 bits per heavy atom. The Balaban J connectivity index is 1.77. The highest BCUT2D eigenvalue weighted by molar-refractivity contribution is 6.31. The lowest BCUT2D eigenvalue weighted by Crippen LogP contribution is -2.45. The minimum Gasteiger partial charge on any atom is -0.459 e. The van der Waals surface area contributed by atoms with Crippen molar-refractivity contribution in [2.24, 2.45) is 0 Å². The van der Waals surface area contributed by atoms with Gasteiger partial charge in [-0.2, -0.15) is 0 Å². The molecule has 2 amide bonds. The Bertz CT molecular complexity index is 643. The van der Waals surface area contributed by atoms with Crippen molar-refractivity contribution in [2.45, 2.75) is 6.54 Å². The molecule has 0 saturated carbocycles. The van der Waals surface area contributed by atoms with Gasteiger partial charge >= 0.3 is 5.91 Å². The average molecular weight is 322 g/mol. The molecule has 0 saturated heterocycles. The molecule has 0 aliphatic carbocycles. The molecular formula is C15H16ClN3O3. The molecule has 22 heavy (non-hydrogen) atoms. The van der Waals surface area contributed by atoms with Gasteiger partial charge in [-0.05, 0) is 30.8 Å². The molecule has 6 nitrogen and oxygen atoms in total. The summed E-state index contributed by atoms with van der Waals surface area (Å²) in [4.78, 5) is 25.1. The lowest BCUT2D eigenvalue weighted by atomic mass is 10.2. The predicted octanol–water partition coefficient (Wildman–Crippen LogP) is 1.83. The van der Waals surface area contributed by atoms with Crippen LogP contribution in [0.2, 0.25) is 5.02 Å². The van der Waals surface area contributed by atoms with E-state index in [0.29, 0.717) is 11.6 Å². The Morgan fingerprint density at radius 2 is 1.95 bits per heavy atom. The monoisotopic (exact) mass is 321 g/mol. The van der Waals surface area contributed by atoms with Gasteiger partial charge in [-0.15, -0.1) is 0 Å². The second-order valence-corrected chi connectivity index (χ2v) is 5.15. The van der Waals surface area contributed by atoms with Gasteiger partial charge < -0.3 is 4.42 Å². The normalized spacial score (nSPS) is 10.5. The minimum atomic E-state index is -0.507. The molecule has 1 heterocycles. The second-order valence-electron chi connectivity index (χ2n) is 4.74. The topological polar surface area (TPSA) is 74.6 Å². The van der Waals surface area contributed by atoms with E-state index in [1.54, 1.807) is 24.1 Å². The zero-order valence-electron chi connectivity index (χ0n) is 12.0. The van der Waals surface area contributed by atoms with E-state index in [2.05, 4.69) is 10.9 Å². The van der Waals surface area contributed by atoms with Gasteiger partial charge in [0.15, 0.2) is 5.76 Å². The molecule has 0 aliphatic rings. The number of hydrazine groups is 1. The van der Waals surface area contributed by atoms with Crippen molar-refractivity contribution >= 4 is 23.4 Å². The number of benzene rings is 1. The number of carbonyl (C=O) groups is 2. The van der Waals surface area contributed by atoms with Crippen LogP contribution in [0.15, 0.2) is 47.1 Å². The number of halogens is 1. The first-order valence-electron chi connectivity index (χ1n) is 6.61. The van der Waals surface area contributed by atoms with Crippen molar-refractivity contribution in [3.05, 3.63) is 59.0 Å². The van der Waals surface area contributed by atoms with Crippen molar-refractivity contribution in [1.82, 2.24) is 15.8 Å². The fraction of sp³-hybridized carbons (Fsp3) is 0.200. The maximum absolute atomic E-state index is 11.8. The van der Waals surface area contributed by atoms with Gasteiger partial charge in [0.2, 0.25) is 0 Å². The smallest absolute Gasteiger partial charge is 0.305 e. The molecule has 2 N–H and O–H groups in total. The molecule has 0 bridgehead atoms. The maximum Gasteiger partial charge on any atom is 0.305 e. The Labute approximate surface area is 133 Å². The number of carbonyl (C=O) groups excluding carboxylic acids is 2. The Morgan fingerprint density at radius 1 is 1.18 bits per heavy atom. The van der Waals surface area contributed by atoms with Crippen LogP contribution in [0.5, 0.6) is 0 Å². The molecule has 2 rings (SSSR count). The van der Waals surface area contributed by atoms with Gasteiger partial charge in [0.05, 0.1) is 12.8 Å². The van der Waals surface area contributed by atoms with Crippen LogP contribution in [0, 0.1) is 0 Å². The van der Waals surface area contributed by atoms with E-state index in [4.69, 9.17) is 16.0 Å². The number of likely N-dealkylation sites (N-methyl/N-ethyl adjacent to an activating group) is 1. The molecule has 0 spiro atoms. The average Bonchev–Trinajstić information content (AvgIpc) is 3.01. The Kier molecular flexibility index (Phi) is 5.57. The van der Waals surface area contributed by atoms with Crippen LogP contribution in [-0.2, 0) is 11.3 Å². The third kappa shape index (κ3) is 4.61. The molecule has 1 aromatic carbocycles. The van der Waals surface area contributed by atoms with Gasteiger partial charge in [0.1, 0.15) is 0 Å². The van der Waals surface area contributed by atoms with Crippen molar-refractivity contribution in [2.75, 3.05) is 13.6 Å². The predicted molar refractivity (Wildman–Crippen MR) is 82.1 cm³/mol. The van der Waals surface area contributed by atoms with Crippen LogP contribution in [0.1, 0.15) is 16.1 Å². The van der Waals surface area contributed by atoms with Gasteiger partial charge in [-0.1, -0.05) is 29.8 Å². The quantitative estimate of drug-likeness (QED) is 0.824. The number of hydrogen-bond acceptors (Lipinski definition) is 4. The van der Waals surface area contributed by atoms with Crippen LogP contribution < -0.4 is 10.9 Å². The molecule has 116 valence electrons. The standard InChI is InChI=1S/C15H16ClN3O3/c1-19(9-11-5-2-3-6-12(11)16)10-14(20)17-18-15(21)13-7-4-8-22-13/h2-8H,9-10H2,1H3,(H,17,20)(H,18,21). The fourth-order valence-electron chi connectivity index (χ4n) is 1.85. The summed E-state index contributed by atoms with van der Waals surface area (Å²) in [6.07, 6.45) is 1.38. The summed E-state index contributed by atoms with van der Waals surface area (Å²) < 4.78 is 4.91. The molecule has 1 aromatic heterocycles. The molecule has 0 aliphatic heterocycles. The number of rotatable bonds is 5. The van der Waals surface area contributed by atoms with E-state index >= 15 is 0 Å². The summed E-state index contributed by atoms with van der Waals surface area (Å²) >= 11 is 6.07. The first-order valence-corrected chi connectivity index (χ1v) is 6.98. The first kappa shape index (κ1) is 16.1. The number of hydrogen-bond donors (Lipinski definition) is 2. The highest BCUT2D eigenvalue weighted by atomic mass is 35.5. The first-order chi connectivity index (χ1) is 10.6. The zero-order valence-corrected chi connectivity index (χ0v) is 12.8. The summed E-state index contributed by atoms with van der Waals surface area (Å²) in [5, 5.41) is 0.654. The minimum absolute atomic E-state index is 0.115. The molecule has 0 unspecified atom stereocenters. The fourth-order valence-corrected chi connectivity index (χ4v) is 2.05. The van der Waals surface area contributed by atoms with E-state index < -0.39 is 5.91 Å². The summed E-state index contributed by atoms with van der Waals surface area (Å²) in [6.45, 7) is 0.642. The van der Waals surface area contributed by atoms with Gasteiger partial charge in [-0.25, -0.2) is 0 Å². The summed E-state index contributed by atoms with van der Waals surface area (Å²) in [7, 11) is 1.79. The second kappa shape index (κ2) is 7.63. The number of furan rings is 1. The molecule has 0 fully saturated rings. The van der Waals surface area contributed by atoms with Crippen LogP contribution in [-0.4, -0.2) is 30.3 Å². The van der Waals surface area contributed by atoms with E-state index in [-0.39, 0.29) is 18.2 Å². The third-order valence-corrected chi connectivity index (χ3v) is 3.24.